The largest absolute Gasteiger partial charge is 0.461 e. The fraction of sp³-hybridized carbons (Fsp3) is 0.333. The van der Waals surface area contributed by atoms with Crippen LogP contribution in [0.5, 0.6) is 0 Å². The summed E-state index contributed by atoms with van der Waals surface area (Å²) in [6.45, 7) is 10.8. The molecule has 1 aliphatic rings. The van der Waals surface area contributed by atoms with E-state index in [1.165, 1.54) is 18.0 Å². The molecule has 0 radical (unpaired) electrons. The van der Waals surface area contributed by atoms with Crippen molar-refractivity contribution in [1.82, 2.24) is 26.0 Å². The molecule has 1 unspecified atom stereocenters. The number of hydrazine groups is 2. The van der Waals surface area contributed by atoms with E-state index in [2.05, 4.69) is 43.8 Å². The fourth-order valence-electron chi connectivity index (χ4n) is 4.48. The van der Waals surface area contributed by atoms with Crippen molar-refractivity contribution in [1.29, 1.82) is 0 Å². The van der Waals surface area contributed by atoms with Crippen molar-refractivity contribution in [2.24, 2.45) is 17.5 Å². The van der Waals surface area contributed by atoms with E-state index in [1.54, 1.807) is 0 Å². The number of amides is 2. The summed E-state index contributed by atoms with van der Waals surface area (Å²) in [6.07, 6.45) is 2.91. The Labute approximate surface area is 241 Å². The van der Waals surface area contributed by atoms with Crippen LogP contribution in [0.15, 0.2) is 59.3 Å². The Morgan fingerprint density at radius 1 is 0.902 bits per heavy atom. The predicted octanol–water partition coefficient (Wildman–Crippen LogP) is 3.71. The monoisotopic (exact) mass is 562 g/mol. The average molecular weight is 563 g/mol. The number of aryl methyl sites for hydroxylation is 2. The molecule has 0 bridgehead atoms. The number of carbonyl (C=O) groups is 2. The van der Waals surface area contributed by atoms with Crippen LogP contribution in [0.1, 0.15) is 89.1 Å². The molecule has 0 aliphatic heterocycles. The minimum absolute atomic E-state index is 0.107. The molecule has 9 N–H and O–H groups in total. The maximum atomic E-state index is 12.9. The van der Waals surface area contributed by atoms with Crippen molar-refractivity contribution in [3.8, 4) is 0 Å². The molecule has 1 aliphatic carbocycles. The van der Waals surface area contributed by atoms with Gasteiger partial charge in [-0.3, -0.25) is 32.5 Å². The molecule has 11 nitrogen and oxygen atoms in total. The van der Waals surface area contributed by atoms with E-state index in [-0.39, 0.29) is 29.2 Å². The van der Waals surface area contributed by atoms with Crippen LogP contribution in [0.25, 0.3) is 11.0 Å². The number of nitrogens with one attached hydrogen (secondary N) is 3. The van der Waals surface area contributed by atoms with Gasteiger partial charge in [0.05, 0.1) is 6.04 Å². The van der Waals surface area contributed by atoms with E-state index in [0.29, 0.717) is 13.1 Å². The lowest BCUT2D eigenvalue weighted by Gasteiger charge is -2.14. The van der Waals surface area contributed by atoms with Crippen molar-refractivity contribution < 1.29 is 14.0 Å². The third-order valence-corrected chi connectivity index (χ3v) is 6.19. The van der Waals surface area contributed by atoms with Crippen LogP contribution in [0.2, 0.25) is 0 Å². The second-order valence-corrected chi connectivity index (χ2v) is 8.68. The highest BCUT2D eigenvalue weighted by Crippen LogP contribution is 2.32. The summed E-state index contributed by atoms with van der Waals surface area (Å²) in [5, 5.41) is 6.89. The highest BCUT2D eigenvalue weighted by molar-refractivity contribution is 5.97. The second-order valence-electron chi connectivity index (χ2n) is 8.68. The number of nitrogens with zero attached hydrogens (tertiary/aromatic N) is 2. The summed E-state index contributed by atoms with van der Waals surface area (Å²) in [5.41, 5.74) is 8.01. The number of furan rings is 1. The van der Waals surface area contributed by atoms with Gasteiger partial charge in [-0.15, -0.1) is 0 Å². The van der Waals surface area contributed by atoms with Crippen molar-refractivity contribution in [3.63, 3.8) is 0 Å². The summed E-state index contributed by atoms with van der Waals surface area (Å²) in [6, 6.07) is 15.2. The molecular weight excluding hydrogens is 520 g/mol. The maximum absolute atomic E-state index is 12.9. The molecule has 2 aromatic carbocycles. The van der Waals surface area contributed by atoms with E-state index >= 15 is 0 Å². The highest BCUT2D eigenvalue weighted by atomic mass is 16.3. The Morgan fingerprint density at radius 3 is 2.27 bits per heavy atom. The fourth-order valence-corrected chi connectivity index (χ4v) is 4.48. The van der Waals surface area contributed by atoms with Gasteiger partial charge in [0.1, 0.15) is 29.1 Å². The molecule has 1 atom stereocenters. The first-order valence-corrected chi connectivity index (χ1v) is 13.8. The summed E-state index contributed by atoms with van der Waals surface area (Å²) in [7, 11) is 0. The van der Waals surface area contributed by atoms with E-state index in [0.717, 1.165) is 46.3 Å². The summed E-state index contributed by atoms with van der Waals surface area (Å²) < 4.78 is 5.65. The number of rotatable bonds is 7. The van der Waals surface area contributed by atoms with Gasteiger partial charge in [-0.05, 0) is 54.2 Å². The van der Waals surface area contributed by atoms with Crippen molar-refractivity contribution in [2.75, 3.05) is 0 Å². The normalized spacial score (nSPS) is 12.9. The van der Waals surface area contributed by atoms with Gasteiger partial charge in [0, 0.05) is 24.5 Å². The van der Waals surface area contributed by atoms with Gasteiger partial charge < -0.3 is 15.1 Å². The van der Waals surface area contributed by atoms with Gasteiger partial charge in [0.15, 0.2) is 0 Å². The molecular formula is C30H42N8O3. The molecule has 2 heterocycles. The minimum atomic E-state index is -0.385. The van der Waals surface area contributed by atoms with Crippen LogP contribution in [-0.4, -0.2) is 21.8 Å². The number of nitrogens with two attached hydrogens (primary N) is 3. The molecule has 0 saturated heterocycles. The summed E-state index contributed by atoms with van der Waals surface area (Å²) in [4.78, 5) is 33.7. The summed E-state index contributed by atoms with van der Waals surface area (Å²) >= 11 is 0. The molecule has 41 heavy (non-hydrogen) atoms. The highest BCUT2D eigenvalue weighted by Gasteiger charge is 2.25. The SMILES string of the molecule is CC.CC.Cc1cc2ccc(CNC(=O)c3cc(C(=O)NC4CCc5cc(CNN)ccc54)ncn3)cc2o1.NN. The first kappa shape index (κ1) is 33.0. The number of hydrogen-bond acceptors (Lipinski definition) is 9. The standard InChI is InChI=1S/C26H26N6O3.2C2H6.H4N2/c1-15-8-19-4-2-17(10-24(19)35-15)12-28-25(33)22-11-23(30-14-29-22)26(34)32-21-7-5-18-9-16(13-31-27)3-6-20(18)21;3*1-2/h2-4,6,8-11,14,21,31H,5,7,12-13,27H2,1H3,(H,28,33)(H,32,34);2*1-2H3;1-2H2. The molecule has 11 heteroatoms. The Balaban J connectivity index is 0.000000921. The molecule has 220 valence electrons. The minimum Gasteiger partial charge on any atom is -0.461 e. The Hall–Kier alpha value is -4.16. The maximum Gasteiger partial charge on any atom is 0.270 e. The number of aromatic nitrogens is 2. The first-order valence-electron chi connectivity index (χ1n) is 13.8. The third-order valence-electron chi connectivity index (χ3n) is 6.19. The van der Waals surface area contributed by atoms with Gasteiger partial charge in [-0.1, -0.05) is 58.0 Å². The van der Waals surface area contributed by atoms with Crippen LogP contribution in [0.4, 0.5) is 0 Å². The number of carbonyl (C=O) groups excluding carboxylic acids is 2. The smallest absolute Gasteiger partial charge is 0.270 e. The number of fused-ring (bicyclic) bond motifs is 2. The average Bonchev–Trinajstić information content (AvgIpc) is 3.60. The molecule has 0 fully saturated rings. The van der Waals surface area contributed by atoms with Crippen molar-refractivity contribution in [2.45, 2.75) is 66.6 Å². The van der Waals surface area contributed by atoms with Crippen LogP contribution in [0.3, 0.4) is 0 Å². The quantitative estimate of drug-likeness (QED) is 0.144. The molecule has 5 rings (SSSR count). The van der Waals surface area contributed by atoms with E-state index < -0.39 is 0 Å². The first-order chi connectivity index (χ1) is 20.0. The molecule has 0 saturated carbocycles. The molecule has 0 spiro atoms. The second kappa shape index (κ2) is 16.8. The predicted molar refractivity (Wildman–Crippen MR) is 161 cm³/mol. The zero-order chi connectivity index (χ0) is 30.4. The topological polar surface area (TPSA) is 187 Å². The Kier molecular flexibility index (Phi) is 13.6. The number of benzene rings is 2. The van der Waals surface area contributed by atoms with E-state index in [9.17, 15) is 9.59 Å². The van der Waals surface area contributed by atoms with Gasteiger partial charge in [-0.25, -0.2) is 9.97 Å². The van der Waals surface area contributed by atoms with Crippen LogP contribution in [-0.2, 0) is 19.5 Å². The lowest BCUT2D eigenvalue weighted by atomic mass is 10.0. The lowest BCUT2D eigenvalue weighted by Crippen LogP contribution is -2.29. The van der Waals surface area contributed by atoms with Gasteiger partial charge in [-0.2, -0.15) is 0 Å². The van der Waals surface area contributed by atoms with Gasteiger partial charge in [0.25, 0.3) is 11.8 Å². The zero-order valence-electron chi connectivity index (χ0n) is 24.5. The van der Waals surface area contributed by atoms with Crippen LogP contribution < -0.4 is 33.6 Å². The van der Waals surface area contributed by atoms with E-state index in [4.69, 9.17) is 10.3 Å². The molecule has 4 aromatic rings. The van der Waals surface area contributed by atoms with Gasteiger partial charge in [0.2, 0.25) is 0 Å². The zero-order valence-corrected chi connectivity index (χ0v) is 24.5. The van der Waals surface area contributed by atoms with Crippen LogP contribution in [0, 0.1) is 6.92 Å². The third kappa shape index (κ3) is 8.66. The number of hydrogen-bond donors (Lipinski definition) is 6. The Bertz CT molecular complexity index is 1420. The molecule has 2 amide bonds. The van der Waals surface area contributed by atoms with Crippen molar-refractivity contribution >= 4 is 22.8 Å². The van der Waals surface area contributed by atoms with Gasteiger partial charge >= 0.3 is 0 Å². The lowest BCUT2D eigenvalue weighted by molar-refractivity contribution is 0.0931. The van der Waals surface area contributed by atoms with Crippen molar-refractivity contribution in [3.05, 3.63) is 94.3 Å². The summed E-state index contributed by atoms with van der Waals surface area (Å²) in [5.74, 6) is 13.5. The van der Waals surface area contributed by atoms with Crippen LogP contribution >= 0.6 is 0 Å². The van der Waals surface area contributed by atoms with E-state index in [1.807, 2.05) is 71.0 Å². The Morgan fingerprint density at radius 2 is 1.56 bits per heavy atom. The molecule has 2 aromatic heterocycles.